The zero-order chi connectivity index (χ0) is 12.3. The average Bonchev–Trinajstić information content (AvgIpc) is 2.28. The molecule has 0 atom stereocenters. The average molecular weight is 253 g/mol. The third kappa shape index (κ3) is 2.97. The van der Waals surface area contributed by atoms with E-state index in [-0.39, 0.29) is 5.91 Å². The Morgan fingerprint density at radius 2 is 2.29 bits per heavy atom. The van der Waals surface area contributed by atoms with Crippen LogP contribution >= 0.6 is 11.6 Å². The molecule has 0 N–H and O–H groups in total. The molecule has 3 nitrogen and oxygen atoms in total. The third-order valence-electron chi connectivity index (χ3n) is 3.35. The van der Waals surface area contributed by atoms with E-state index in [1.807, 2.05) is 11.8 Å². The Morgan fingerprint density at radius 3 is 2.76 bits per heavy atom. The van der Waals surface area contributed by atoms with E-state index in [9.17, 15) is 4.79 Å². The molecule has 4 heteroatoms. The molecule has 1 heterocycles. The van der Waals surface area contributed by atoms with Gasteiger partial charge < -0.3 is 4.90 Å². The van der Waals surface area contributed by atoms with Crippen LogP contribution in [0.25, 0.3) is 0 Å². The predicted octanol–water partition coefficient (Wildman–Crippen LogP) is 3.00. The van der Waals surface area contributed by atoms with Crippen molar-refractivity contribution < 1.29 is 4.79 Å². The Balaban J connectivity index is 2.02. The van der Waals surface area contributed by atoms with E-state index in [1.165, 1.54) is 19.3 Å². The molecule has 0 spiro atoms. The third-order valence-corrected chi connectivity index (χ3v) is 3.57. The molecular weight excluding hydrogens is 236 g/mol. The lowest BCUT2D eigenvalue weighted by atomic mass is 9.85. The van der Waals surface area contributed by atoms with Gasteiger partial charge in [-0.3, -0.25) is 4.79 Å². The van der Waals surface area contributed by atoms with E-state index in [1.54, 1.807) is 18.3 Å². The number of carbonyl (C=O) groups is 1. The van der Waals surface area contributed by atoms with Gasteiger partial charge in [0.15, 0.2) is 0 Å². The normalized spacial score (nSPS) is 15.4. The van der Waals surface area contributed by atoms with Gasteiger partial charge in [-0.25, -0.2) is 4.98 Å². The molecule has 1 amide bonds. The molecule has 0 bridgehead atoms. The van der Waals surface area contributed by atoms with Gasteiger partial charge >= 0.3 is 0 Å². The minimum atomic E-state index is 0.0589. The van der Waals surface area contributed by atoms with Crippen LogP contribution in [0, 0.1) is 5.92 Å². The van der Waals surface area contributed by atoms with Gasteiger partial charge in [-0.15, -0.1) is 0 Å². The first-order valence-corrected chi connectivity index (χ1v) is 6.49. The topological polar surface area (TPSA) is 33.2 Å². The van der Waals surface area contributed by atoms with Crippen LogP contribution in [0.15, 0.2) is 18.3 Å². The van der Waals surface area contributed by atoms with E-state index in [2.05, 4.69) is 4.98 Å². The van der Waals surface area contributed by atoms with Crippen LogP contribution in [-0.2, 0) is 0 Å². The van der Waals surface area contributed by atoms with Gasteiger partial charge in [0, 0.05) is 19.3 Å². The van der Waals surface area contributed by atoms with Crippen LogP contribution in [0.2, 0.25) is 5.15 Å². The Hall–Kier alpha value is -1.09. The Bertz CT molecular complexity index is 387. The molecule has 1 aromatic heterocycles. The largest absolute Gasteiger partial charge is 0.339 e. The first kappa shape index (κ1) is 12.4. The van der Waals surface area contributed by atoms with Gasteiger partial charge in [0.2, 0.25) is 0 Å². The first-order valence-electron chi connectivity index (χ1n) is 6.11. The molecule has 1 aromatic rings. The molecule has 0 aliphatic heterocycles. The van der Waals surface area contributed by atoms with Gasteiger partial charge in [0.05, 0.1) is 5.56 Å². The van der Waals surface area contributed by atoms with Crippen LogP contribution in [0.1, 0.15) is 36.5 Å². The number of halogens is 1. The predicted molar refractivity (Wildman–Crippen MR) is 68.2 cm³/mol. The number of aromatic nitrogens is 1. The van der Waals surface area contributed by atoms with Crippen molar-refractivity contribution in [1.82, 2.24) is 9.88 Å². The summed E-state index contributed by atoms with van der Waals surface area (Å²) < 4.78 is 0. The maximum absolute atomic E-state index is 12.2. The molecular formula is C13H17ClN2O. The molecule has 1 aliphatic rings. The number of amides is 1. The Kier molecular flexibility index (Phi) is 4.00. The minimum absolute atomic E-state index is 0.0589. The zero-order valence-corrected chi connectivity index (χ0v) is 10.8. The SMILES string of the molecule is CCN(CC1CCC1)C(=O)c1ccc(Cl)nc1. The lowest BCUT2D eigenvalue weighted by molar-refractivity contribution is 0.0706. The van der Waals surface area contributed by atoms with E-state index >= 15 is 0 Å². The van der Waals surface area contributed by atoms with Crippen LogP contribution in [0.5, 0.6) is 0 Å². The van der Waals surface area contributed by atoms with Crippen molar-refractivity contribution in [2.45, 2.75) is 26.2 Å². The quantitative estimate of drug-likeness (QED) is 0.772. The second kappa shape index (κ2) is 5.50. The summed E-state index contributed by atoms with van der Waals surface area (Å²) in [7, 11) is 0. The molecule has 1 aliphatic carbocycles. The van der Waals surface area contributed by atoms with E-state index in [4.69, 9.17) is 11.6 Å². The highest BCUT2D eigenvalue weighted by atomic mass is 35.5. The lowest BCUT2D eigenvalue weighted by Crippen LogP contribution is -2.37. The summed E-state index contributed by atoms with van der Waals surface area (Å²) in [5, 5.41) is 0.420. The van der Waals surface area contributed by atoms with Crippen molar-refractivity contribution in [2.75, 3.05) is 13.1 Å². The van der Waals surface area contributed by atoms with E-state index < -0.39 is 0 Å². The molecule has 17 heavy (non-hydrogen) atoms. The fourth-order valence-electron chi connectivity index (χ4n) is 2.03. The second-order valence-electron chi connectivity index (χ2n) is 4.51. The Morgan fingerprint density at radius 1 is 1.53 bits per heavy atom. The standard InChI is InChI=1S/C13H17ClN2O/c1-2-16(9-10-4-3-5-10)13(17)11-6-7-12(14)15-8-11/h6-8,10H,2-5,9H2,1H3. The van der Waals surface area contributed by atoms with Crippen molar-refractivity contribution >= 4 is 17.5 Å². The van der Waals surface area contributed by atoms with E-state index in [0.717, 1.165) is 13.1 Å². The van der Waals surface area contributed by atoms with Gasteiger partial charge in [-0.1, -0.05) is 18.0 Å². The summed E-state index contributed by atoms with van der Waals surface area (Å²) in [4.78, 5) is 18.1. The monoisotopic (exact) mass is 252 g/mol. The van der Waals surface area contributed by atoms with Gasteiger partial charge in [0.1, 0.15) is 5.15 Å². The highest BCUT2D eigenvalue weighted by molar-refractivity contribution is 6.29. The number of nitrogens with zero attached hydrogens (tertiary/aromatic N) is 2. The lowest BCUT2D eigenvalue weighted by Gasteiger charge is -2.31. The molecule has 0 unspecified atom stereocenters. The summed E-state index contributed by atoms with van der Waals surface area (Å²) in [6.45, 7) is 3.63. The number of rotatable bonds is 4. The summed E-state index contributed by atoms with van der Waals surface area (Å²) >= 11 is 5.71. The number of hydrogen-bond donors (Lipinski definition) is 0. The summed E-state index contributed by atoms with van der Waals surface area (Å²) in [6, 6.07) is 3.40. The van der Waals surface area contributed by atoms with Crippen molar-refractivity contribution in [3.05, 3.63) is 29.0 Å². The fourth-order valence-corrected chi connectivity index (χ4v) is 2.14. The molecule has 0 saturated heterocycles. The van der Waals surface area contributed by atoms with Crippen LogP contribution in [0.4, 0.5) is 0 Å². The van der Waals surface area contributed by atoms with Crippen molar-refractivity contribution in [2.24, 2.45) is 5.92 Å². The Labute approximate surface area is 107 Å². The zero-order valence-electron chi connectivity index (χ0n) is 10.0. The van der Waals surface area contributed by atoms with Crippen molar-refractivity contribution in [3.8, 4) is 0 Å². The highest BCUT2D eigenvalue weighted by Crippen LogP contribution is 2.27. The molecule has 0 aromatic carbocycles. The van der Waals surface area contributed by atoms with Crippen LogP contribution in [0.3, 0.4) is 0 Å². The molecule has 92 valence electrons. The van der Waals surface area contributed by atoms with Gasteiger partial charge in [-0.05, 0) is 37.8 Å². The van der Waals surface area contributed by atoms with Crippen molar-refractivity contribution in [1.29, 1.82) is 0 Å². The fraction of sp³-hybridized carbons (Fsp3) is 0.538. The second-order valence-corrected chi connectivity index (χ2v) is 4.90. The number of pyridine rings is 1. The molecule has 1 fully saturated rings. The summed E-state index contributed by atoms with van der Waals surface area (Å²) in [6.07, 6.45) is 5.36. The maximum Gasteiger partial charge on any atom is 0.255 e. The van der Waals surface area contributed by atoms with Gasteiger partial charge in [-0.2, -0.15) is 0 Å². The molecule has 1 saturated carbocycles. The maximum atomic E-state index is 12.2. The molecule has 2 rings (SSSR count). The first-order chi connectivity index (χ1) is 8.20. The summed E-state index contributed by atoms with van der Waals surface area (Å²) in [5.74, 6) is 0.753. The molecule has 0 radical (unpaired) electrons. The van der Waals surface area contributed by atoms with Crippen LogP contribution < -0.4 is 0 Å². The highest BCUT2D eigenvalue weighted by Gasteiger charge is 2.23. The summed E-state index contributed by atoms with van der Waals surface area (Å²) in [5.41, 5.74) is 0.621. The van der Waals surface area contributed by atoms with Crippen molar-refractivity contribution in [3.63, 3.8) is 0 Å². The van der Waals surface area contributed by atoms with E-state index in [0.29, 0.717) is 16.6 Å². The van der Waals surface area contributed by atoms with Gasteiger partial charge in [0.25, 0.3) is 5.91 Å². The number of hydrogen-bond acceptors (Lipinski definition) is 2. The minimum Gasteiger partial charge on any atom is -0.339 e. The number of carbonyl (C=O) groups excluding carboxylic acids is 1. The van der Waals surface area contributed by atoms with Crippen LogP contribution in [-0.4, -0.2) is 28.9 Å². The smallest absolute Gasteiger partial charge is 0.255 e.